The Labute approximate surface area is 183 Å². The van der Waals surface area contributed by atoms with Crippen LogP contribution in [0, 0.1) is 10.1 Å². The molecule has 156 valence electrons. The predicted molar refractivity (Wildman–Crippen MR) is 124 cm³/mol. The highest BCUT2D eigenvalue weighted by atomic mass is 32.1. The van der Waals surface area contributed by atoms with Gasteiger partial charge in [-0.15, -0.1) is 0 Å². The molecule has 32 heavy (non-hydrogen) atoms. The molecule has 5 rings (SSSR count). The van der Waals surface area contributed by atoms with Crippen molar-refractivity contribution in [1.82, 2.24) is 9.55 Å². The summed E-state index contributed by atoms with van der Waals surface area (Å²) in [4.78, 5) is 45.1. The van der Waals surface area contributed by atoms with Gasteiger partial charge in [0.2, 0.25) is 0 Å². The summed E-state index contributed by atoms with van der Waals surface area (Å²) >= 11 is 1.06. The first kappa shape index (κ1) is 19.6. The van der Waals surface area contributed by atoms with Crippen molar-refractivity contribution in [2.45, 2.75) is 0 Å². The zero-order chi connectivity index (χ0) is 22.2. The number of nitro benzene ring substituents is 1. The highest BCUT2D eigenvalue weighted by Crippen LogP contribution is 2.24. The van der Waals surface area contributed by atoms with Gasteiger partial charge in [0.1, 0.15) is 4.70 Å². The number of H-pyrrole nitrogens is 1. The summed E-state index contributed by atoms with van der Waals surface area (Å²) in [6.45, 7) is 0. The van der Waals surface area contributed by atoms with E-state index in [1.165, 1.54) is 22.8 Å². The number of hydrogen-bond donors (Lipinski definition) is 1. The molecule has 0 saturated heterocycles. The second-order valence-electron chi connectivity index (χ2n) is 6.95. The lowest BCUT2D eigenvalue weighted by Gasteiger charge is -2.09. The fraction of sp³-hybridized carbons (Fsp3) is 0. The number of aromatic nitrogens is 2. The van der Waals surface area contributed by atoms with E-state index < -0.39 is 16.0 Å². The van der Waals surface area contributed by atoms with E-state index in [0.717, 1.165) is 11.3 Å². The van der Waals surface area contributed by atoms with Gasteiger partial charge < -0.3 is 4.98 Å². The molecule has 2 heterocycles. The Morgan fingerprint density at radius 2 is 1.62 bits per heavy atom. The smallest absolute Gasteiger partial charge is 0.270 e. The summed E-state index contributed by atoms with van der Waals surface area (Å²) in [5.74, 6) is 0. The summed E-state index contributed by atoms with van der Waals surface area (Å²) in [7, 11) is 0. The number of aromatic amines is 1. The number of pyridine rings is 1. The Balaban J connectivity index is 2.00. The SMILES string of the molecule is O=c1[nH]c2ccc([N+](=O)[O-])cc2c2c(=O)n(-c3ccccc3)c(=Nc3ccccc3)sc12. The van der Waals surface area contributed by atoms with Crippen molar-refractivity contribution in [3.8, 4) is 5.69 Å². The molecule has 5 aromatic rings. The Kier molecular flexibility index (Phi) is 4.72. The first-order valence-corrected chi connectivity index (χ1v) is 10.4. The van der Waals surface area contributed by atoms with E-state index in [1.807, 2.05) is 24.3 Å². The number of nitro groups is 1. The van der Waals surface area contributed by atoms with Crippen molar-refractivity contribution in [1.29, 1.82) is 0 Å². The van der Waals surface area contributed by atoms with E-state index >= 15 is 0 Å². The van der Waals surface area contributed by atoms with Crippen LogP contribution in [0.2, 0.25) is 0 Å². The van der Waals surface area contributed by atoms with E-state index in [-0.39, 0.29) is 15.8 Å². The standard InChI is InChI=1S/C23H14N4O4S/c28-21-20-19(17-13-16(27(30)31)11-12-18(17)25-21)22(29)26(15-9-5-2-6-10-15)23(32-20)24-14-7-3-1-4-8-14/h1-13H,(H,25,28). The lowest BCUT2D eigenvalue weighted by Crippen LogP contribution is -2.31. The molecular formula is C23H14N4O4S. The van der Waals surface area contributed by atoms with Crippen molar-refractivity contribution < 1.29 is 4.92 Å². The van der Waals surface area contributed by atoms with E-state index in [4.69, 9.17) is 0 Å². The summed E-state index contributed by atoms with van der Waals surface area (Å²) in [5.41, 5.74) is 0.456. The maximum atomic E-state index is 13.8. The number of para-hydroxylation sites is 2. The molecule has 1 N–H and O–H groups in total. The molecule has 0 amide bonds. The van der Waals surface area contributed by atoms with Crippen molar-refractivity contribution in [3.05, 3.63) is 114 Å². The predicted octanol–water partition coefficient (Wildman–Crippen LogP) is 4.03. The zero-order valence-corrected chi connectivity index (χ0v) is 17.2. The van der Waals surface area contributed by atoms with Gasteiger partial charge in [0, 0.05) is 23.0 Å². The number of non-ortho nitro benzene ring substituents is 1. The van der Waals surface area contributed by atoms with Crippen LogP contribution in [0.15, 0.2) is 93.4 Å². The average Bonchev–Trinajstić information content (AvgIpc) is 2.80. The lowest BCUT2D eigenvalue weighted by atomic mass is 10.1. The number of nitrogens with zero attached hydrogens (tertiary/aromatic N) is 3. The van der Waals surface area contributed by atoms with Gasteiger partial charge in [-0.05, 0) is 30.3 Å². The Hall–Kier alpha value is -4.37. The molecule has 0 atom stereocenters. The minimum atomic E-state index is -0.533. The summed E-state index contributed by atoms with van der Waals surface area (Å²) in [5, 5.41) is 11.7. The van der Waals surface area contributed by atoms with Crippen LogP contribution in [0.25, 0.3) is 26.7 Å². The molecule has 0 spiro atoms. The summed E-state index contributed by atoms with van der Waals surface area (Å²) < 4.78 is 1.59. The maximum absolute atomic E-state index is 13.8. The van der Waals surface area contributed by atoms with Crippen molar-refractivity contribution in [2.75, 3.05) is 0 Å². The second-order valence-corrected chi connectivity index (χ2v) is 7.93. The molecule has 2 aromatic heterocycles. The number of benzene rings is 3. The number of nitrogens with one attached hydrogen (secondary N) is 1. The summed E-state index contributed by atoms with van der Waals surface area (Å²) in [6.07, 6.45) is 0. The number of rotatable bonds is 3. The van der Waals surface area contributed by atoms with Gasteiger partial charge in [-0.1, -0.05) is 47.7 Å². The molecule has 0 aliphatic rings. The normalized spacial score (nSPS) is 11.8. The first-order valence-electron chi connectivity index (χ1n) is 9.58. The monoisotopic (exact) mass is 442 g/mol. The fourth-order valence-electron chi connectivity index (χ4n) is 3.51. The molecule has 0 saturated carbocycles. The molecule has 0 unspecified atom stereocenters. The van der Waals surface area contributed by atoms with Crippen LogP contribution in [-0.2, 0) is 0 Å². The van der Waals surface area contributed by atoms with Gasteiger partial charge in [0.25, 0.3) is 16.8 Å². The van der Waals surface area contributed by atoms with Crippen LogP contribution in [0.5, 0.6) is 0 Å². The average molecular weight is 442 g/mol. The van der Waals surface area contributed by atoms with Gasteiger partial charge in [0.05, 0.1) is 21.7 Å². The van der Waals surface area contributed by atoms with Crippen LogP contribution in [0.3, 0.4) is 0 Å². The molecular weight excluding hydrogens is 428 g/mol. The van der Waals surface area contributed by atoms with Crippen molar-refractivity contribution >= 4 is 43.7 Å². The van der Waals surface area contributed by atoms with Crippen LogP contribution < -0.4 is 15.9 Å². The zero-order valence-electron chi connectivity index (χ0n) is 16.4. The first-order chi connectivity index (χ1) is 15.5. The lowest BCUT2D eigenvalue weighted by molar-refractivity contribution is -0.384. The van der Waals surface area contributed by atoms with E-state index in [9.17, 15) is 19.7 Å². The minimum absolute atomic E-state index is 0.119. The number of hydrogen-bond acceptors (Lipinski definition) is 6. The topological polar surface area (TPSA) is 110 Å². The quantitative estimate of drug-likeness (QED) is 0.258. The van der Waals surface area contributed by atoms with Gasteiger partial charge >= 0.3 is 0 Å². The van der Waals surface area contributed by atoms with Gasteiger partial charge in [-0.2, -0.15) is 0 Å². The van der Waals surface area contributed by atoms with Crippen LogP contribution in [0.4, 0.5) is 11.4 Å². The fourth-order valence-corrected chi connectivity index (χ4v) is 4.57. The molecule has 0 radical (unpaired) electrons. The molecule has 0 aliphatic carbocycles. The Morgan fingerprint density at radius 1 is 0.938 bits per heavy atom. The van der Waals surface area contributed by atoms with E-state index in [1.54, 1.807) is 36.4 Å². The number of fused-ring (bicyclic) bond motifs is 3. The van der Waals surface area contributed by atoms with Gasteiger partial charge in [0.15, 0.2) is 4.80 Å². The highest BCUT2D eigenvalue weighted by molar-refractivity contribution is 7.16. The maximum Gasteiger partial charge on any atom is 0.270 e. The van der Waals surface area contributed by atoms with Gasteiger partial charge in [-0.25, -0.2) is 4.99 Å². The molecule has 9 heteroatoms. The van der Waals surface area contributed by atoms with E-state index in [2.05, 4.69) is 9.98 Å². The van der Waals surface area contributed by atoms with Crippen LogP contribution in [-0.4, -0.2) is 14.5 Å². The second kappa shape index (κ2) is 7.71. The molecule has 0 aliphatic heterocycles. The third-order valence-corrected chi connectivity index (χ3v) is 6.01. The third-order valence-electron chi connectivity index (χ3n) is 4.96. The third kappa shape index (κ3) is 3.30. The van der Waals surface area contributed by atoms with Crippen LogP contribution >= 0.6 is 11.3 Å². The molecule has 0 fully saturated rings. The van der Waals surface area contributed by atoms with Crippen LogP contribution in [0.1, 0.15) is 0 Å². The van der Waals surface area contributed by atoms with E-state index in [0.29, 0.717) is 27.1 Å². The summed E-state index contributed by atoms with van der Waals surface area (Å²) in [6, 6.07) is 22.1. The van der Waals surface area contributed by atoms with Gasteiger partial charge in [-0.3, -0.25) is 24.3 Å². The molecule has 3 aromatic carbocycles. The van der Waals surface area contributed by atoms with Crippen molar-refractivity contribution in [3.63, 3.8) is 0 Å². The van der Waals surface area contributed by atoms with Crippen molar-refractivity contribution in [2.24, 2.45) is 4.99 Å². The largest absolute Gasteiger partial charge is 0.321 e. The molecule has 8 nitrogen and oxygen atoms in total. The molecule has 0 bridgehead atoms. The Morgan fingerprint density at radius 3 is 2.31 bits per heavy atom. The highest BCUT2D eigenvalue weighted by Gasteiger charge is 2.17. The Bertz CT molecular complexity index is 1690. The minimum Gasteiger partial charge on any atom is -0.321 e.